The van der Waals surface area contributed by atoms with Crippen LogP contribution in [-0.4, -0.2) is 41.7 Å². The number of carbonyl (C=O) groups is 1. The molecule has 9 heteroatoms. The van der Waals surface area contributed by atoms with Crippen LogP contribution in [0.25, 0.3) is 10.2 Å². The first-order valence-electron chi connectivity index (χ1n) is 11.1. The van der Waals surface area contributed by atoms with Gasteiger partial charge in [-0.1, -0.05) is 29.5 Å². The SMILES string of the molecule is Cc1cccc2sc(N(Cc3cccnc3)C(=O)c3ccc(S(=O)(=O)N4CCCC4)cc3)nc12. The highest BCUT2D eigenvalue weighted by Gasteiger charge is 2.28. The number of carbonyl (C=O) groups excluding carboxylic acids is 1. The van der Waals surface area contributed by atoms with Gasteiger partial charge in [-0.25, -0.2) is 13.4 Å². The Morgan fingerprint density at radius 3 is 2.50 bits per heavy atom. The minimum absolute atomic E-state index is 0.209. The molecule has 0 atom stereocenters. The van der Waals surface area contributed by atoms with Gasteiger partial charge in [-0.15, -0.1) is 0 Å². The van der Waals surface area contributed by atoms with Gasteiger partial charge in [-0.3, -0.25) is 14.7 Å². The molecule has 2 aromatic heterocycles. The van der Waals surface area contributed by atoms with Crippen LogP contribution in [0.2, 0.25) is 0 Å². The zero-order valence-electron chi connectivity index (χ0n) is 18.7. The summed E-state index contributed by atoms with van der Waals surface area (Å²) < 4.78 is 28.2. The molecule has 174 valence electrons. The van der Waals surface area contributed by atoms with Crippen LogP contribution in [0.15, 0.2) is 71.9 Å². The Balaban J connectivity index is 1.49. The van der Waals surface area contributed by atoms with E-state index in [1.165, 1.54) is 27.8 Å². The molecule has 1 aliphatic heterocycles. The first-order valence-corrected chi connectivity index (χ1v) is 13.4. The molecule has 0 radical (unpaired) electrons. The van der Waals surface area contributed by atoms with Crippen LogP contribution in [0.1, 0.15) is 34.3 Å². The Morgan fingerprint density at radius 2 is 1.82 bits per heavy atom. The highest BCUT2D eigenvalue weighted by Crippen LogP contribution is 2.32. The molecule has 7 nitrogen and oxygen atoms in total. The maximum atomic E-state index is 13.6. The number of thiazole rings is 1. The van der Waals surface area contributed by atoms with Gasteiger partial charge in [0.05, 0.1) is 21.7 Å². The zero-order chi connectivity index (χ0) is 23.7. The van der Waals surface area contributed by atoms with E-state index in [0.717, 1.165) is 34.2 Å². The van der Waals surface area contributed by atoms with Gasteiger partial charge >= 0.3 is 0 Å². The van der Waals surface area contributed by atoms with Crippen molar-refractivity contribution in [1.82, 2.24) is 14.3 Å². The van der Waals surface area contributed by atoms with E-state index < -0.39 is 10.0 Å². The van der Waals surface area contributed by atoms with E-state index in [1.807, 2.05) is 37.3 Å². The molecule has 1 amide bonds. The third kappa shape index (κ3) is 4.34. The Hall–Kier alpha value is -3.14. The highest BCUT2D eigenvalue weighted by molar-refractivity contribution is 7.89. The lowest BCUT2D eigenvalue weighted by atomic mass is 10.2. The number of benzene rings is 2. The molecule has 0 spiro atoms. The van der Waals surface area contributed by atoms with Crippen molar-refractivity contribution in [2.24, 2.45) is 0 Å². The molecule has 3 heterocycles. The highest BCUT2D eigenvalue weighted by atomic mass is 32.2. The van der Waals surface area contributed by atoms with Crippen LogP contribution in [0, 0.1) is 6.92 Å². The average molecular weight is 493 g/mol. The van der Waals surface area contributed by atoms with E-state index >= 15 is 0 Å². The van der Waals surface area contributed by atoms with Crippen molar-refractivity contribution in [3.63, 3.8) is 0 Å². The monoisotopic (exact) mass is 492 g/mol. The predicted octanol–water partition coefficient (Wildman–Crippen LogP) is 4.63. The molecule has 34 heavy (non-hydrogen) atoms. The standard InChI is InChI=1S/C25H24N4O3S2/c1-18-6-4-8-22-23(18)27-25(33-22)29(17-19-7-5-13-26-16-19)24(30)20-9-11-21(12-10-20)34(31,32)28-14-2-3-15-28/h4-13,16H,2-3,14-15,17H2,1H3. The number of nitrogens with zero attached hydrogens (tertiary/aromatic N) is 4. The van der Waals surface area contributed by atoms with Crippen molar-refractivity contribution in [2.75, 3.05) is 18.0 Å². The van der Waals surface area contributed by atoms with Crippen molar-refractivity contribution >= 4 is 42.6 Å². The second kappa shape index (κ2) is 9.25. The van der Waals surface area contributed by atoms with E-state index in [1.54, 1.807) is 29.4 Å². The molecule has 5 rings (SSSR count). The molecular formula is C25H24N4O3S2. The molecule has 4 aromatic rings. The van der Waals surface area contributed by atoms with Gasteiger partial charge in [0.2, 0.25) is 10.0 Å². The lowest BCUT2D eigenvalue weighted by Gasteiger charge is -2.20. The van der Waals surface area contributed by atoms with E-state index in [9.17, 15) is 13.2 Å². The topological polar surface area (TPSA) is 83.5 Å². The van der Waals surface area contributed by atoms with Crippen molar-refractivity contribution in [3.05, 3.63) is 83.7 Å². The fourth-order valence-corrected chi connectivity index (χ4v) is 6.65. The first kappa shape index (κ1) is 22.6. The Labute approximate surface area is 202 Å². The van der Waals surface area contributed by atoms with Gasteiger partial charge in [0.15, 0.2) is 5.13 Å². The van der Waals surface area contributed by atoms with Gasteiger partial charge in [-0.05, 0) is 67.3 Å². The molecule has 0 unspecified atom stereocenters. The number of hydrogen-bond donors (Lipinski definition) is 0. The summed E-state index contributed by atoms with van der Waals surface area (Å²) in [5, 5.41) is 0.590. The molecule has 1 fully saturated rings. The van der Waals surface area contributed by atoms with Crippen LogP contribution < -0.4 is 4.90 Å². The van der Waals surface area contributed by atoms with Crippen LogP contribution in [0.5, 0.6) is 0 Å². The van der Waals surface area contributed by atoms with Crippen molar-refractivity contribution in [3.8, 4) is 0 Å². The molecule has 0 bridgehead atoms. The smallest absolute Gasteiger partial charge is 0.260 e. The second-order valence-electron chi connectivity index (χ2n) is 8.31. The second-order valence-corrected chi connectivity index (χ2v) is 11.3. The number of para-hydroxylation sites is 1. The van der Waals surface area contributed by atoms with Crippen molar-refractivity contribution < 1.29 is 13.2 Å². The molecule has 2 aromatic carbocycles. The number of sulfonamides is 1. The van der Waals surface area contributed by atoms with E-state index in [2.05, 4.69) is 4.98 Å². The number of fused-ring (bicyclic) bond motifs is 1. The summed E-state index contributed by atoms with van der Waals surface area (Å²) in [6.45, 7) is 3.38. The van der Waals surface area contributed by atoms with Crippen LogP contribution in [-0.2, 0) is 16.6 Å². The normalized spacial score (nSPS) is 14.5. The average Bonchev–Trinajstić information content (AvgIpc) is 3.54. The lowest BCUT2D eigenvalue weighted by Crippen LogP contribution is -2.31. The predicted molar refractivity (Wildman–Crippen MR) is 134 cm³/mol. The molecule has 0 saturated carbocycles. The maximum absolute atomic E-state index is 13.6. The quantitative estimate of drug-likeness (QED) is 0.392. The largest absolute Gasteiger partial charge is 0.279 e. The number of aryl methyl sites for hydroxylation is 1. The first-order chi connectivity index (χ1) is 16.4. The third-order valence-corrected chi connectivity index (χ3v) is 8.91. The number of rotatable bonds is 6. The summed E-state index contributed by atoms with van der Waals surface area (Å²) in [4.78, 5) is 24.4. The summed E-state index contributed by atoms with van der Waals surface area (Å²) in [6.07, 6.45) is 5.17. The minimum atomic E-state index is -3.53. The Kier molecular flexibility index (Phi) is 6.16. The lowest BCUT2D eigenvalue weighted by molar-refractivity contribution is 0.0985. The Bertz CT molecular complexity index is 1430. The number of amides is 1. The van der Waals surface area contributed by atoms with E-state index in [-0.39, 0.29) is 10.8 Å². The van der Waals surface area contributed by atoms with Crippen LogP contribution in [0.4, 0.5) is 5.13 Å². The van der Waals surface area contributed by atoms with E-state index in [0.29, 0.717) is 30.3 Å². The van der Waals surface area contributed by atoms with Crippen LogP contribution in [0.3, 0.4) is 0 Å². The number of pyridine rings is 1. The van der Waals surface area contributed by atoms with Gasteiger partial charge < -0.3 is 0 Å². The molecule has 0 aliphatic carbocycles. The molecule has 1 saturated heterocycles. The van der Waals surface area contributed by atoms with Crippen LogP contribution >= 0.6 is 11.3 Å². The van der Waals surface area contributed by atoms with E-state index in [4.69, 9.17) is 4.98 Å². The molecule has 0 N–H and O–H groups in total. The molecule has 1 aliphatic rings. The molecular weight excluding hydrogens is 468 g/mol. The Morgan fingerprint density at radius 1 is 1.06 bits per heavy atom. The zero-order valence-corrected chi connectivity index (χ0v) is 20.3. The third-order valence-electron chi connectivity index (χ3n) is 5.95. The van der Waals surface area contributed by atoms with Crippen molar-refractivity contribution in [2.45, 2.75) is 31.2 Å². The number of aromatic nitrogens is 2. The fourth-order valence-electron chi connectivity index (χ4n) is 4.09. The van der Waals surface area contributed by atoms with Gasteiger partial charge in [0.1, 0.15) is 0 Å². The van der Waals surface area contributed by atoms with Gasteiger partial charge in [0.25, 0.3) is 5.91 Å². The van der Waals surface area contributed by atoms with Crippen molar-refractivity contribution in [1.29, 1.82) is 0 Å². The summed E-state index contributed by atoms with van der Waals surface area (Å²) in [6, 6.07) is 15.9. The minimum Gasteiger partial charge on any atom is -0.279 e. The number of anilines is 1. The van der Waals surface area contributed by atoms with Gasteiger partial charge in [0, 0.05) is 31.0 Å². The van der Waals surface area contributed by atoms with Gasteiger partial charge in [-0.2, -0.15) is 4.31 Å². The maximum Gasteiger partial charge on any atom is 0.260 e. The summed E-state index contributed by atoms with van der Waals surface area (Å²) in [5.74, 6) is -0.245. The fraction of sp³-hybridized carbons (Fsp3) is 0.240. The summed E-state index contributed by atoms with van der Waals surface area (Å²) in [5.41, 5.74) is 3.20. The number of hydrogen-bond acceptors (Lipinski definition) is 6. The summed E-state index contributed by atoms with van der Waals surface area (Å²) >= 11 is 1.46. The summed E-state index contributed by atoms with van der Waals surface area (Å²) in [7, 11) is -3.53.